The van der Waals surface area contributed by atoms with Crippen LogP contribution in [0.25, 0.3) is 0 Å². The number of nitrogens with one attached hydrogen (secondary N) is 1. The number of anilines is 1. The minimum Gasteiger partial charge on any atom is -0.354 e. The molecule has 1 aromatic carbocycles. The molecule has 0 radical (unpaired) electrons. The van der Waals surface area contributed by atoms with Gasteiger partial charge in [-0.3, -0.25) is 4.79 Å². The summed E-state index contributed by atoms with van der Waals surface area (Å²) in [6.45, 7) is 1.10. The molecule has 2 heterocycles. The van der Waals surface area contributed by atoms with Gasteiger partial charge in [0.1, 0.15) is 11.6 Å². The van der Waals surface area contributed by atoms with Crippen molar-refractivity contribution < 1.29 is 22.4 Å². The minimum atomic E-state index is -4.41. The van der Waals surface area contributed by atoms with Gasteiger partial charge in [-0.1, -0.05) is 0 Å². The molecule has 1 atom stereocenters. The summed E-state index contributed by atoms with van der Waals surface area (Å²) < 4.78 is 50.6. The molecule has 0 aliphatic carbocycles. The molecule has 27 heavy (non-hydrogen) atoms. The fourth-order valence-corrected chi connectivity index (χ4v) is 3.49. The lowest BCUT2D eigenvalue weighted by Gasteiger charge is -2.18. The normalized spacial score (nSPS) is 17.2. The van der Waals surface area contributed by atoms with Gasteiger partial charge in [0.25, 0.3) is 0 Å². The van der Waals surface area contributed by atoms with Crippen LogP contribution in [0, 0.1) is 5.82 Å². The Bertz CT molecular complexity index is 781. The Labute approximate surface area is 158 Å². The number of thioether (sulfide) groups is 1. The second kappa shape index (κ2) is 8.16. The highest BCUT2D eigenvalue weighted by molar-refractivity contribution is 8.00. The van der Waals surface area contributed by atoms with E-state index in [1.165, 1.54) is 30.0 Å². The predicted octanol–water partition coefficient (Wildman–Crippen LogP) is 3.73. The number of alkyl halides is 3. The maximum atomic E-state index is 12.9. The number of carbonyl (C=O) groups is 1. The van der Waals surface area contributed by atoms with Gasteiger partial charge in [-0.2, -0.15) is 13.2 Å². The molecule has 2 aromatic rings. The van der Waals surface area contributed by atoms with Gasteiger partial charge in [0, 0.05) is 30.2 Å². The van der Waals surface area contributed by atoms with Gasteiger partial charge in [0.15, 0.2) is 0 Å². The maximum absolute atomic E-state index is 12.9. The van der Waals surface area contributed by atoms with Gasteiger partial charge < -0.3 is 10.2 Å². The van der Waals surface area contributed by atoms with E-state index in [1.807, 2.05) is 4.90 Å². The third-order valence-corrected chi connectivity index (χ3v) is 5.15. The Balaban J connectivity index is 1.47. The van der Waals surface area contributed by atoms with E-state index < -0.39 is 11.7 Å². The number of hydrogen-bond donors (Lipinski definition) is 1. The van der Waals surface area contributed by atoms with E-state index in [4.69, 9.17) is 0 Å². The van der Waals surface area contributed by atoms with Gasteiger partial charge in [-0.05, 0) is 42.8 Å². The van der Waals surface area contributed by atoms with Crippen LogP contribution in [0.4, 0.5) is 23.4 Å². The van der Waals surface area contributed by atoms with Crippen LogP contribution in [0.3, 0.4) is 0 Å². The van der Waals surface area contributed by atoms with Crippen molar-refractivity contribution in [1.82, 2.24) is 10.3 Å². The van der Waals surface area contributed by atoms with Gasteiger partial charge in [-0.15, -0.1) is 11.8 Å². The van der Waals surface area contributed by atoms with E-state index in [2.05, 4.69) is 10.3 Å². The van der Waals surface area contributed by atoms with E-state index in [0.717, 1.165) is 17.2 Å². The van der Waals surface area contributed by atoms with Crippen molar-refractivity contribution in [3.63, 3.8) is 0 Å². The first-order valence-electron chi connectivity index (χ1n) is 8.27. The van der Waals surface area contributed by atoms with Crippen molar-refractivity contribution in [2.75, 3.05) is 23.7 Å². The third-order valence-electron chi connectivity index (χ3n) is 4.14. The summed E-state index contributed by atoms with van der Waals surface area (Å²) in [5.41, 5.74) is -0.784. The minimum absolute atomic E-state index is 0.0876. The summed E-state index contributed by atoms with van der Waals surface area (Å²) in [5.74, 6) is 0.199. The average Bonchev–Trinajstić information content (AvgIpc) is 3.09. The number of pyridine rings is 1. The zero-order chi connectivity index (χ0) is 19.4. The molecule has 1 unspecified atom stereocenters. The first kappa shape index (κ1) is 19.5. The Morgan fingerprint density at radius 1 is 1.22 bits per heavy atom. The third kappa shape index (κ3) is 5.35. The van der Waals surface area contributed by atoms with Gasteiger partial charge >= 0.3 is 6.18 Å². The number of benzene rings is 1. The smallest absolute Gasteiger partial charge is 0.354 e. The summed E-state index contributed by atoms with van der Waals surface area (Å²) in [6, 6.07) is 8.17. The molecule has 1 N–H and O–H groups in total. The lowest BCUT2D eigenvalue weighted by Crippen LogP contribution is -2.38. The fraction of sp³-hybridized carbons (Fsp3) is 0.333. The Kier molecular flexibility index (Phi) is 5.88. The second-order valence-electron chi connectivity index (χ2n) is 6.14. The number of rotatable bonds is 5. The molecule has 1 saturated heterocycles. The van der Waals surface area contributed by atoms with Crippen LogP contribution in [0.5, 0.6) is 0 Å². The van der Waals surface area contributed by atoms with Crippen molar-refractivity contribution >= 4 is 23.5 Å². The van der Waals surface area contributed by atoms with Crippen LogP contribution in [0.15, 0.2) is 47.5 Å². The highest BCUT2D eigenvalue weighted by Gasteiger charge is 2.31. The molecule has 0 spiro atoms. The van der Waals surface area contributed by atoms with Crippen molar-refractivity contribution in [3.05, 3.63) is 54.0 Å². The number of nitrogens with zero attached hydrogens (tertiary/aromatic N) is 2. The van der Waals surface area contributed by atoms with Crippen molar-refractivity contribution in [1.29, 1.82) is 0 Å². The highest BCUT2D eigenvalue weighted by Crippen LogP contribution is 2.30. The molecular formula is C18H17F4N3OS. The monoisotopic (exact) mass is 399 g/mol. The van der Waals surface area contributed by atoms with Crippen LogP contribution in [0.2, 0.25) is 0 Å². The van der Waals surface area contributed by atoms with Crippen molar-refractivity contribution in [2.24, 2.45) is 0 Å². The molecule has 0 bridgehead atoms. The number of halogens is 4. The molecule has 1 aromatic heterocycles. The maximum Gasteiger partial charge on any atom is 0.417 e. The SMILES string of the molecule is O=C(CSc1ccc(F)cc1)NC1CCN(c2ccc(C(F)(F)F)cn2)C1. The van der Waals surface area contributed by atoms with Gasteiger partial charge in [-0.25, -0.2) is 9.37 Å². The van der Waals surface area contributed by atoms with E-state index in [-0.39, 0.29) is 23.5 Å². The van der Waals surface area contributed by atoms with Crippen LogP contribution < -0.4 is 10.2 Å². The quantitative estimate of drug-likeness (QED) is 0.615. The number of carbonyl (C=O) groups excluding carboxylic acids is 1. The summed E-state index contributed by atoms with van der Waals surface area (Å²) >= 11 is 1.31. The topological polar surface area (TPSA) is 45.2 Å². The summed E-state index contributed by atoms with van der Waals surface area (Å²) in [4.78, 5) is 18.6. The van der Waals surface area contributed by atoms with Crippen molar-refractivity contribution in [2.45, 2.75) is 23.5 Å². The summed E-state index contributed by atoms with van der Waals surface area (Å²) in [6.07, 6.45) is -2.90. The predicted molar refractivity (Wildman–Crippen MR) is 95.1 cm³/mol. The number of hydrogen-bond acceptors (Lipinski definition) is 4. The van der Waals surface area contributed by atoms with E-state index in [1.54, 1.807) is 12.1 Å². The molecule has 1 fully saturated rings. The lowest BCUT2D eigenvalue weighted by molar-refractivity contribution is -0.137. The highest BCUT2D eigenvalue weighted by atomic mass is 32.2. The van der Waals surface area contributed by atoms with Gasteiger partial charge in [0.05, 0.1) is 11.3 Å². The zero-order valence-electron chi connectivity index (χ0n) is 14.2. The first-order chi connectivity index (χ1) is 12.8. The molecular weight excluding hydrogens is 382 g/mol. The Morgan fingerprint density at radius 2 is 1.96 bits per heavy atom. The first-order valence-corrected chi connectivity index (χ1v) is 9.26. The van der Waals surface area contributed by atoms with Crippen LogP contribution in [-0.2, 0) is 11.0 Å². The molecule has 0 saturated carbocycles. The molecule has 9 heteroatoms. The van der Waals surface area contributed by atoms with Crippen LogP contribution in [-0.4, -0.2) is 35.8 Å². The van der Waals surface area contributed by atoms with E-state index in [0.29, 0.717) is 25.3 Å². The van der Waals surface area contributed by atoms with Crippen LogP contribution in [0.1, 0.15) is 12.0 Å². The average molecular weight is 399 g/mol. The molecule has 3 rings (SSSR count). The lowest BCUT2D eigenvalue weighted by atomic mass is 10.2. The Morgan fingerprint density at radius 3 is 2.59 bits per heavy atom. The molecule has 144 valence electrons. The van der Waals surface area contributed by atoms with E-state index in [9.17, 15) is 22.4 Å². The fourth-order valence-electron chi connectivity index (χ4n) is 2.78. The molecule has 4 nitrogen and oxygen atoms in total. The Hall–Kier alpha value is -2.29. The summed E-state index contributed by atoms with van der Waals surface area (Å²) in [7, 11) is 0. The molecule has 1 aliphatic heterocycles. The summed E-state index contributed by atoms with van der Waals surface area (Å²) in [5, 5.41) is 2.91. The number of amides is 1. The largest absolute Gasteiger partial charge is 0.417 e. The van der Waals surface area contributed by atoms with Gasteiger partial charge in [0.2, 0.25) is 5.91 Å². The number of aromatic nitrogens is 1. The van der Waals surface area contributed by atoms with Crippen molar-refractivity contribution in [3.8, 4) is 0 Å². The van der Waals surface area contributed by atoms with E-state index >= 15 is 0 Å². The van der Waals surface area contributed by atoms with Crippen LogP contribution >= 0.6 is 11.8 Å². The molecule has 1 amide bonds. The standard InChI is InChI=1S/C18H17F4N3OS/c19-13-2-4-15(5-3-13)27-11-17(26)24-14-7-8-25(10-14)16-6-1-12(9-23-16)18(20,21)22/h1-6,9,14H,7-8,10-11H2,(H,24,26). The second-order valence-corrected chi connectivity index (χ2v) is 7.19. The zero-order valence-corrected chi connectivity index (χ0v) is 15.0. The molecule has 1 aliphatic rings.